The number of benzene rings is 1. The minimum atomic E-state index is -0.303. The summed E-state index contributed by atoms with van der Waals surface area (Å²) in [6.45, 7) is 3.99. The van der Waals surface area contributed by atoms with Crippen LogP contribution in [0, 0.1) is 6.92 Å². The van der Waals surface area contributed by atoms with Gasteiger partial charge in [0.2, 0.25) is 0 Å². The Bertz CT molecular complexity index is 432. The van der Waals surface area contributed by atoms with Crippen molar-refractivity contribution < 1.29 is 14.9 Å². The second-order valence-electron chi connectivity index (χ2n) is 4.26. The van der Waals surface area contributed by atoms with Gasteiger partial charge in [0, 0.05) is 12.7 Å². The summed E-state index contributed by atoms with van der Waals surface area (Å²) in [5.74, 6) is -0.199. The SMILES string of the molecule is CNC(=O)C[NH2+][C@@H](C)C(=O)Nc1cccc(C)c1. The fraction of sp³-hybridized carbons (Fsp3) is 0.385. The van der Waals surface area contributed by atoms with E-state index < -0.39 is 0 Å². The first-order chi connectivity index (χ1) is 8.52. The fourth-order valence-electron chi connectivity index (χ4n) is 1.47. The number of likely N-dealkylation sites (N-methyl/N-ethyl adjacent to an activating group) is 1. The molecule has 0 unspecified atom stereocenters. The molecule has 0 saturated heterocycles. The van der Waals surface area contributed by atoms with E-state index in [1.807, 2.05) is 31.2 Å². The molecule has 0 saturated carbocycles. The monoisotopic (exact) mass is 250 g/mol. The highest BCUT2D eigenvalue weighted by molar-refractivity contribution is 5.93. The maximum absolute atomic E-state index is 11.9. The maximum atomic E-state index is 11.9. The van der Waals surface area contributed by atoms with Crippen LogP contribution in [0.1, 0.15) is 12.5 Å². The summed E-state index contributed by atoms with van der Waals surface area (Å²) < 4.78 is 0. The van der Waals surface area contributed by atoms with Gasteiger partial charge in [-0.05, 0) is 31.5 Å². The van der Waals surface area contributed by atoms with Gasteiger partial charge in [-0.15, -0.1) is 0 Å². The van der Waals surface area contributed by atoms with Gasteiger partial charge >= 0.3 is 0 Å². The number of aryl methyl sites for hydroxylation is 1. The van der Waals surface area contributed by atoms with Crippen molar-refractivity contribution in [2.24, 2.45) is 0 Å². The van der Waals surface area contributed by atoms with Crippen molar-refractivity contribution in [1.29, 1.82) is 0 Å². The third-order valence-corrected chi connectivity index (χ3v) is 2.63. The topological polar surface area (TPSA) is 74.8 Å². The Labute approximate surface area is 107 Å². The van der Waals surface area contributed by atoms with Crippen molar-refractivity contribution in [3.63, 3.8) is 0 Å². The van der Waals surface area contributed by atoms with E-state index in [2.05, 4.69) is 10.6 Å². The molecule has 5 heteroatoms. The van der Waals surface area contributed by atoms with Gasteiger partial charge in [-0.2, -0.15) is 0 Å². The van der Waals surface area contributed by atoms with E-state index >= 15 is 0 Å². The molecule has 4 N–H and O–H groups in total. The number of quaternary nitrogens is 1. The molecule has 0 spiro atoms. The van der Waals surface area contributed by atoms with Crippen LogP contribution in [0.15, 0.2) is 24.3 Å². The zero-order valence-corrected chi connectivity index (χ0v) is 11.0. The zero-order chi connectivity index (χ0) is 13.5. The standard InChI is InChI=1S/C13H19N3O2/c1-9-5-4-6-11(7-9)16-13(18)10(2)15-8-12(17)14-3/h4-7,10,15H,8H2,1-3H3,(H,14,17)(H,16,18)/p+1/t10-/m0/s1. The van der Waals surface area contributed by atoms with Crippen molar-refractivity contribution in [3.05, 3.63) is 29.8 Å². The second kappa shape index (κ2) is 6.76. The van der Waals surface area contributed by atoms with Crippen molar-refractivity contribution >= 4 is 17.5 Å². The van der Waals surface area contributed by atoms with Crippen molar-refractivity contribution in [2.75, 3.05) is 18.9 Å². The quantitative estimate of drug-likeness (QED) is 0.667. The van der Waals surface area contributed by atoms with E-state index in [-0.39, 0.29) is 24.4 Å². The normalized spacial score (nSPS) is 11.7. The van der Waals surface area contributed by atoms with Crippen LogP contribution >= 0.6 is 0 Å². The first-order valence-corrected chi connectivity index (χ1v) is 5.94. The third-order valence-electron chi connectivity index (χ3n) is 2.63. The summed E-state index contributed by atoms with van der Waals surface area (Å²) in [4.78, 5) is 22.9. The number of hydrogen-bond donors (Lipinski definition) is 3. The van der Waals surface area contributed by atoms with Crippen LogP contribution in [-0.4, -0.2) is 31.4 Å². The lowest BCUT2D eigenvalue weighted by molar-refractivity contribution is -0.662. The number of nitrogens with two attached hydrogens (primary N) is 1. The molecular weight excluding hydrogens is 230 g/mol. The highest BCUT2D eigenvalue weighted by Crippen LogP contribution is 2.09. The first-order valence-electron chi connectivity index (χ1n) is 5.94. The Morgan fingerprint density at radius 3 is 2.72 bits per heavy atom. The predicted molar refractivity (Wildman–Crippen MR) is 70.1 cm³/mol. The van der Waals surface area contributed by atoms with E-state index in [9.17, 15) is 9.59 Å². The fourth-order valence-corrected chi connectivity index (χ4v) is 1.47. The highest BCUT2D eigenvalue weighted by atomic mass is 16.2. The van der Waals surface area contributed by atoms with E-state index in [0.717, 1.165) is 11.3 Å². The summed E-state index contributed by atoms with van der Waals surface area (Å²) in [6, 6.07) is 7.31. The molecule has 0 aliphatic heterocycles. The smallest absolute Gasteiger partial charge is 0.282 e. The maximum Gasteiger partial charge on any atom is 0.282 e. The van der Waals surface area contributed by atoms with Crippen LogP contribution in [0.5, 0.6) is 0 Å². The van der Waals surface area contributed by atoms with Crippen LogP contribution < -0.4 is 16.0 Å². The van der Waals surface area contributed by atoms with E-state index in [0.29, 0.717) is 0 Å². The average Bonchev–Trinajstić information content (AvgIpc) is 2.35. The molecule has 1 aromatic carbocycles. The molecule has 0 heterocycles. The Balaban J connectivity index is 2.47. The van der Waals surface area contributed by atoms with Crippen LogP contribution in [0.2, 0.25) is 0 Å². The van der Waals surface area contributed by atoms with E-state index in [1.165, 1.54) is 0 Å². The van der Waals surface area contributed by atoms with Crippen molar-refractivity contribution in [2.45, 2.75) is 19.9 Å². The number of hydrogen-bond acceptors (Lipinski definition) is 2. The molecule has 0 radical (unpaired) electrons. The molecule has 1 rings (SSSR count). The first kappa shape index (κ1) is 14.2. The molecule has 98 valence electrons. The lowest BCUT2D eigenvalue weighted by Crippen LogP contribution is -2.93. The lowest BCUT2D eigenvalue weighted by Gasteiger charge is -2.11. The van der Waals surface area contributed by atoms with Crippen LogP contribution in [0.4, 0.5) is 5.69 Å². The molecule has 0 aromatic heterocycles. The van der Waals surface area contributed by atoms with Crippen LogP contribution in [-0.2, 0) is 9.59 Å². The number of rotatable bonds is 5. The number of carbonyl (C=O) groups is 2. The van der Waals surface area contributed by atoms with Crippen LogP contribution in [0.25, 0.3) is 0 Å². The number of amides is 2. The molecule has 0 fully saturated rings. The molecule has 0 aliphatic rings. The molecule has 0 bridgehead atoms. The van der Waals surface area contributed by atoms with Gasteiger partial charge in [-0.3, -0.25) is 9.59 Å². The summed E-state index contributed by atoms with van der Waals surface area (Å²) in [5.41, 5.74) is 1.87. The highest BCUT2D eigenvalue weighted by Gasteiger charge is 2.17. The van der Waals surface area contributed by atoms with Gasteiger partial charge in [-0.1, -0.05) is 12.1 Å². The molecule has 5 nitrogen and oxygen atoms in total. The molecule has 1 atom stereocenters. The summed E-state index contributed by atoms with van der Waals surface area (Å²) >= 11 is 0. The second-order valence-corrected chi connectivity index (χ2v) is 4.26. The summed E-state index contributed by atoms with van der Waals surface area (Å²) in [5, 5.41) is 7.04. The number of anilines is 1. The van der Waals surface area contributed by atoms with Gasteiger partial charge in [0.05, 0.1) is 0 Å². The Hall–Kier alpha value is -1.88. The lowest BCUT2D eigenvalue weighted by atomic mass is 10.2. The molecule has 2 amide bonds. The predicted octanol–water partition coefficient (Wildman–Crippen LogP) is -0.369. The Morgan fingerprint density at radius 2 is 2.11 bits per heavy atom. The van der Waals surface area contributed by atoms with Crippen molar-refractivity contribution in [1.82, 2.24) is 5.32 Å². The Kier molecular flexibility index (Phi) is 5.32. The molecule has 0 aliphatic carbocycles. The molecular formula is C13H20N3O2+. The van der Waals surface area contributed by atoms with E-state index in [4.69, 9.17) is 0 Å². The zero-order valence-electron chi connectivity index (χ0n) is 11.0. The number of carbonyl (C=O) groups excluding carboxylic acids is 2. The summed E-state index contributed by atoms with van der Waals surface area (Å²) in [6.07, 6.45) is 0. The van der Waals surface area contributed by atoms with Gasteiger partial charge in [0.15, 0.2) is 12.6 Å². The molecule has 1 aromatic rings. The van der Waals surface area contributed by atoms with Gasteiger partial charge in [0.1, 0.15) is 0 Å². The van der Waals surface area contributed by atoms with Gasteiger partial charge in [0.25, 0.3) is 11.8 Å². The van der Waals surface area contributed by atoms with Crippen LogP contribution in [0.3, 0.4) is 0 Å². The third kappa shape index (κ3) is 4.55. The minimum absolute atomic E-state index is 0.0924. The minimum Gasteiger partial charge on any atom is -0.354 e. The van der Waals surface area contributed by atoms with E-state index in [1.54, 1.807) is 19.3 Å². The van der Waals surface area contributed by atoms with Gasteiger partial charge < -0.3 is 16.0 Å². The van der Waals surface area contributed by atoms with Gasteiger partial charge in [-0.25, -0.2) is 0 Å². The largest absolute Gasteiger partial charge is 0.354 e. The number of nitrogens with one attached hydrogen (secondary N) is 2. The molecule has 18 heavy (non-hydrogen) atoms. The summed E-state index contributed by atoms with van der Waals surface area (Å²) in [7, 11) is 1.58. The van der Waals surface area contributed by atoms with Crippen molar-refractivity contribution in [3.8, 4) is 0 Å². The average molecular weight is 250 g/mol. The Morgan fingerprint density at radius 1 is 1.39 bits per heavy atom.